The van der Waals surface area contributed by atoms with Gasteiger partial charge in [-0.1, -0.05) is 0 Å². The van der Waals surface area contributed by atoms with Crippen molar-refractivity contribution in [3.8, 4) is 0 Å². The fraction of sp³-hybridized carbons (Fsp3) is 0.462. The summed E-state index contributed by atoms with van der Waals surface area (Å²) >= 11 is 0. The molecule has 0 heterocycles. The van der Waals surface area contributed by atoms with Crippen LogP contribution in [0.3, 0.4) is 0 Å². The van der Waals surface area contributed by atoms with Crippen molar-refractivity contribution in [3.05, 3.63) is 59.7 Å². The van der Waals surface area contributed by atoms with Crippen molar-refractivity contribution in [3.63, 3.8) is 0 Å². The van der Waals surface area contributed by atoms with Gasteiger partial charge in [-0.2, -0.15) is 0 Å². The number of carbonyl (C=O) groups is 2. The minimum absolute atomic E-state index is 0.114. The smallest absolute Gasteiger partial charge is 0.251 e. The van der Waals surface area contributed by atoms with E-state index in [1.165, 1.54) is 0 Å². The lowest BCUT2D eigenvalue weighted by Gasteiger charge is -2.09. The zero-order valence-electron chi connectivity index (χ0n) is 22.2. The Morgan fingerprint density at radius 3 is 1.08 bits per heavy atom. The first-order valence-electron chi connectivity index (χ1n) is 13.0. The minimum Gasteiger partial charge on any atom is -0.399 e. The zero-order chi connectivity index (χ0) is 27.8. The van der Waals surface area contributed by atoms with Crippen molar-refractivity contribution in [1.29, 1.82) is 0 Å². The average Bonchev–Trinajstić information content (AvgIpc) is 2.92. The molecular weight excluding hydrogens is 484 g/mol. The van der Waals surface area contributed by atoms with E-state index in [9.17, 15) is 9.59 Å². The SMILES string of the molecule is NCCNCCNCCN.Nc1ccc(C(=O)NCCNCCNCCNC(=O)c2ccc(N)cc2)cc1. The average molecular weight is 531 g/mol. The third-order valence-electron chi connectivity index (χ3n) is 5.12. The van der Waals surface area contributed by atoms with Crippen LogP contribution in [0.4, 0.5) is 11.4 Å². The van der Waals surface area contributed by atoms with Crippen molar-refractivity contribution < 1.29 is 9.59 Å². The van der Waals surface area contributed by atoms with E-state index in [-0.39, 0.29) is 11.8 Å². The lowest BCUT2D eigenvalue weighted by atomic mass is 10.2. The molecule has 0 aromatic heterocycles. The van der Waals surface area contributed by atoms with E-state index >= 15 is 0 Å². The second-order valence-electron chi connectivity index (χ2n) is 8.33. The number of amides is 2. The lowest BCUT2D eigenvalue weighted by molar-refractivity contribution is 0.0945. The van der Waals surface area contributed by atoms with Crippen LogP contribution < -0.4 is 54.8 Å². The summed E-state index contributed by atoms with van der Waals surface area (Å²) in [4.78, 5) is 23.8. The fourth-order valence-corrected chi connectivity index (χ4v) is 3.06. The molecule has 0 radical (unpaired) electrons. The molecule has 0 unspecified atom stereocenters. The number of nitrogens with two attached hydrogens (primary N) is 4. The first-order chi connectivity index (χ1) is 18.5. The predicted molar refractivity (Wildman–Crippen MR) is 156 cm³/mol. The van der Waals surface area contributed by atoms with Crippen molar-refractivity contribution in [2.45, 2.75) is 0 Å². The zero-order valence-corrected chi connectivity index (χ0v) is 22.2. The van der Waals surface area contributed by atoms with Gasteiger partial charge in [0.05, 0.1) is 0 Å². The Labute approximate surface area is 226 Å². The number of hydrogen-bond acceptors (Lipinski definition) is 10. The topological polar surface area (TPSA) is 210 Å². The molecule has 0 spiro atoms. The third-order valence-corrected chi connectivity index (χ3v) is 5.12. The van der Waals surface area contributed by atoms with E-state index in [1.807, 2.05) is 0 Å². The summed E-state index contributed by atoms with van der Waals surface area (Å²) in [7, 11) is 0. The van der Waals surface area contributed by atoms with Gasteiger partial charge in [0.25, 0.3) is 11.8 Å². The largest absolute Gasteiger partial charge is 0.399 e. The highest BCUT2D eigenvalue weighted by molar-refractivity contribution is 5.94. The standard InChI is InChI=1S/C20H28N6O2.C6H18N4/c21-17-5-1-15(2-6-17)19(27)25-13-11-23-9-10-24-12-14-26-20(28)16-3-7-18(22)8-4-16;7-1-3-9-5-6-10-4-2-8/h1-8,23-24H,9-14,21-22H2,(H,25,27)(H,26,28);9-10H,1-8H2. The number of anilines is 2. The molecule has 38 heavy (non-hydrogen) atoms. The quantitative estimate of drug-likeness (QED) is 0.0777. The van der Waals surface area contributed by atoms with Gasteiger partial charge >= 0.3 is 0 Å². The Morgan fingerprint density at radius 2 is 0.763 bits per heavy atom. The van der Waals surface area contributed by atoms with E-state index in [0.717, 1.165) is 39.3 Å². The molecule has 2 aromatic rings. The van der Waals surface area contributed by atoms with Gasteiger partial charge in [0.1, 0.15) is 0 Å². The number of hydrogen-bond donors (Lipinski definition) is 10. The molecule has 2 aromatic carbocycles. The number of nitrogens with one attached hydrogen (secondary N) is 6. The summed E-state index contributed by atoms with van der Waals surface area (Å²) in [6.07, 6.45) is 0. The monoisotopic (exact) mass is 530 g/mol. The first-order valence-corrected chi connectivity index (χ1v) is 13.0. The molecule has 0 atom stereocenters. The van der Waals surface area contributed by atoms with Crippen LogP contribution in [-0.4, -0.2) is 90.4 Å². The van der Waals surface area contributed by atoms with Gasteiger partial charge in [-0.3, -0.25) is 9.59 Å². The molecule has 0 bridgehead atoms. The van der Waals surface area contributed by atoms with Gasteiger partial charge in [0, 0.05) is 101 Å². The van der Waals surface area contributed by atoms with Crippen LogP contribution in [0.15, 0.2) is 48.5 Å². The number of carbonyl (C=O) groups excluding carboxylic acids is 2. The van der Waals surface area contributed by atoms with Gasteiger partial charge in [-0.15, -0.1) is 0 Å². The van der Waals surface area contributed by atoms with Crippen LogP contribution >= 0.6 is 0 Å². The summed E-state index contributed by atoms with van der Waals surface area (Å²) in [6, 6.07) is 13.6. The molecule has 0 aliphatic rings. The minimum atomic E-state index is -0.114. The Kier molecular flexibility index (Phi) is 18.8. The van der Waals surface area contributed by atoms with Crippen LogP contribution in [-0.2, 0) is 0 Å². The second-order valence-corrected chi connectivity index (χ2v) is 8.33. The Hall–Kier alpha value is -3.26. The van der Waals surface area contributed by atoms with Gasteiger partial charge in [-0.05, 0) is 48.5 Å². The maximum Gasteiger partial charge on any atom is 0.251 e. The van der Waals surface area contributed by atoms with Crippen LogP contribution in [0.25, 0.3) is 0 Å². The maximum atomic E-state index is 11.9. The summed E-state index contributed by atoms with van der Waals surface area (Å²) in [5, 5.41) is 18.5. The van der Waals surface area contributed by atoms with Crippen LogP contribution in [0.5, 0.6) is 0 Å². The van der Waals surface area contributed by atoms with Crippen molar-refractivity contribution in [2.75, 3.05) is 90.0 Å². The first kappa shape index (κ1) is 32.8. The maximum absolute atomic E-state index is 11.9. The van der Waals surface area contributed by atoms with E-state index in [0.29, 0.717) is 61.8 Å². The van der Waals surface area contributed by atoms with Gasteiger partial charge < -0.3 is 54.8 Å². The second kappa shape index (κ2) is 21.8. The summed E-state index contributed by atoms with van der Waals surface area (Å²) in [6.45, 7) is 9.11. The van der Waals surface area contributed by atoms with E-state index in [2.05, 4.69) is 31.9 Å². The Morgan fingerprint density at radius 1 is 0.474 bits per heavy atom. The summed E-state index contributed by atoms with van der Waals surface area (Å²) in [5.41, 5.74) is 24.2. The van der Waals surface area contributed by atoms with Crippen LogP contribution in [0, 0.1) is 0 Å². The van der Waals surface area contributed by atoms with E-state index < -0.39 is 0 Å². The van der Waals surface area contributed by atoms with Crippen LogP contribution in [0.1, 0.15) is 20.7 Å². The Bertz CT molecular complexity index is 805. The molecule has 2 rings (SSSR count). The van der Waals surface area contributed by atoms with Gasteiger partial charge in [0.2, 0.25) is 0 Å². The number of benzene rings is 2. The predicted octanol–water partition coefficient (Wildman–Crippen LogP) is -1.73. The molecule has 0 fully saturated rings. The van der Waals surface area contributed by atoms with Crippen molar-refractivity contribution >= 4 is 23.2 Å². The Balaban J connectivity index is 0.000000612. The highest BCUT2D eigenvalue weighted by Gasteiger charge is 2.04. The van der Waals surface area contributed by atoms with Gasteiger partial charge in [-0.25, -0.2) is 0 Å². The molecule has 2 amide bonds. The lowest BCUT2D eigenvalue weighted by Crippen LogP contribution is -2.37. The highest BCUT2D eigenvalue weighted by Crippen LogP contribution is 2.05. The number of rotatable bonds is 18. The molecule has 0 saturated heterocycles. The molecule has 0 aliphatic heterocycles. The molecule has 212 valence electrons. The number of nitrogen functional groups attached to an aromatic ring is 2. The molecule has 0 saturated carbocycles. The fourth-order valence-electron chi connectivity index (χ4n) is 3.06. The molecular formula is C26H46N10O2. The summed E-state index contributed by atoms with van der Waals surface area (Å²) < 4.78 is 0. The van der Waals surface area contributed by atoms with Crippen molar-refractivity contribution in [1.82, 2.24) is 31.9 Å². The normalized spacial score (nSPS) is 10.4. The molecule has 12 heteroatoms. The van der Waals surface area contributed by atoms with Crippen molar-refractivity contribution in [2.24, 2.45) is 11.5 Å². The molecule has 0 aliphatic carbocycles. The molecule has 14 N–H and O–H groups in total. The van der Waals surface area contributed by atoms with Gasteiger partial charge in [0.15, 0.2) is 0 Å². The van der Waals surface area contributed by atoms with E-state index in [4.69, 9.17) is 22.9 Å². The van der Waals surface area contributed by atoms with E-state index in [1.54, 1.807) is 48.5 Å². The molecule has 12 nitrogen and oxygen atoms in total. The summed E-state index contributed by atoms with van der Waals surface area (Å²) in [5.74, 6) is -0.228. The van der Waals surface area contributed by atoms with Crippen LogP contribution in [0.2, 0.25) is 0 Å². The third kappa shape index (κ3) is 16.5. The highest BCUT2D eigenvalue weighted by atomic mass is 16.2.